The van der Waals surface area contributed by atoms with Gasteiger partial charge >= 0.3 is 5.97 Å². The summed E-state index contributed by atoms with van der Waals surface area (Å²) in [6.45, 7) is 0.451. The lowest BCUT2D eigenvalue weighted by Gasteiger charge is -2.24. The van der Waals surface area contributed by atoms with Crippen molar-refractivity contribution in [3.05, 3.63) is 94.0 Å². The third kappa shape index (κ3) is 5.07. The van der Waals surface area contributed by atoms with Crippen LogP contribution in [-0.4, -0.2) is 43.7 Å². The van der Waals surface area contributed by atoms with Crippen LogP contribution in [0.25, 0.3) is 0 Å². The number of carbonyl (C=O) groups excluding carboxylic acids is 2. The van der Waals surface area contributed by atoms with Gasteiger partial charge in [-0.15, -0.1) is 0 Å². The van der Waals surface area contributed by atoms with E-state index < -0.39 is 11.9 Å². The van der Waals surface area contributed by atoms with Crippen molar-refractivity contribution in [1.29, 1.82) is 0 Å². The summed E-state index contributed by atoms with van der Waals surface area (Å²) in [5.74, 6) is -0.668. The van der Waals surface area contributed by atoms with Crippen LogP contribution in [0.5, 0.6) is 11.5 Å². The van der Waals surface area contributed by atoms with Gasteiger partial charge in [-0.2, -0.15) is 0 Å². The minimum absolute atomic E-state index is 0.0549. The molecule has 0 radical (unpaired) electrons. The molecule has 2 amide bonds. The molecule has 2 atom stereocenters. The smallest absolute Gasteiger partial charge is 0.331 e. The van der Waals surface area contributed by atoms with Gasteiger partial charge in [0.25, 0.3) is 11.8 Å². The number of benzene rings is 3. The number of aliphatic carboxylic acids is 1. The molecule has 3 aromatic carbocycles. The van der Waals surface area contributed by atoms with Gasteiger partial charge < -0.3 is 24.8 Å². The molecule has 39 heavy (non-hydrogen) atoms. The molecule has 0 fully saturated rings. The van der Waals surface area contributed by atoms with E-state index in [2.05, 4.69) is 5.32 Å². The highest BCUT2D eigenvalue weighted by Gasteiger charge is 2.37. The second-order valence-electron chi connectivity index (χ2n) is 9.51. The van der Waals surface area contributed by atoms with Crippen LogP contribution in [0.3, 0.4) is 0 Å². The Kier molecular flexibility index (Phi) is 7.30. The predicted octanol–water partition coefficient (Wildman–Crippen LogP) is 5.77. The van der Waals surface area contributed by atoms with E-state index in [4.69, 9.17) is 21.1 Å². The largest absolute Gasteiger partial charge is 0.497 e. The van der Waals surface area contributed by atoms with Crippen molar-refractivity contribution < 1.29 is 29.0 Å². The standard InChI is InChI=1S/C30H27ClN2O6/c1-38-20-8-9-24(31)23(16-20)28(34)32-25-10-7-18(15-27(25)39-2)29(35)33-12-11-17-13-19(30(36)37)14-22(17)21-5-3-4-6-26(21)33/h3-10,14-17,22H,11-13H2,1-2H3,(H,32,34)(H,36,37)/t17?,22-/m0/s1. The molecule has 0 bridgehead atoms. The number of rotatable bonds is 6. The number of carboxylic acids is 1. The molecule has 200 valence electrons. The summed E-state index contributed by atoms with van der Waals surface area (Å²) in [7, 11) is 2.97. The number of carbonyl (C=O) groups is 3. The van der Waals surface area contributed by atoms with Gasteiger partial charge in [0.15, 0.2) is 0 Å². The highest BCUT2D eigenvalue weighted by molar-refractivity contribution is 6.34. The van der Waals surface area contributed by atoms with Gasteiger partial charge in [0, 0.05) is 29.3 Å². The zero-order chi connectivity index (χ0) is 27.7. The van der Waals surface area contributed by atoms with Crippen LogP contribution in [0, 0.1) is 5.92 Å². The lowest BCUT2D eigenvalue weighted by atomic mass is 9.87. The van der Waals surface area contributed by atoms with Crippen LogP contribution in [0.2, 0.25) is 5.02 Å². The Morgan fingerprint density at radius 1 is 1.03 bits per heavy atom. The Morgan fingerprint density at radius 3 is 2.56 bits per heavy atom. The number of ether oxygens (including phenoxy) is 2. The summed E-state index contributed by atoms with van der Waals surface area (Å²) in [6.07, 6.45) is 2.98. The van der Waals surface area contributed by atoms with Crippen LogP contribution in [0.4, 0.5) is 11.4 Å². The maximum atomic E-state index is 13.8. The molecule has 2 N–H and O–H groups in total. The Morgan fingerprint density at radius 2 is 1.82 bits per heavy atom. The first-order valence-corrected chi connectivity index (χ1v) is 12.9. The zero-order valence-electron chi connectivity index (χ0n) is 21.4. The molecule has 3 aromatic rings. The number of carboxylic acid groups (broad SMARTS) is 1. The number of methoxy groups -OCH3 is 2. The summed E-state index contributed by atoms with van der Waals surface area (Å²) >= 11 is 6.22. The van der Waals surface area contributed by atoms with E-state index >= 15 is 0 Å². The average molecular weight is 547 g/mol. The molecule has 1 heterocycles. The lowest BCUT2D eigenvalue weighted by Crippen LogP contribution is -2.32. The summed E-state index contributed by atoms with van der Waals surface area (Å²) < 4.78 is 10.7. The molecule has 0 spiro atoms. The minimum Gasteiger partial charge on any atom is -0.497 e. The van der Waals surface area contributed by atoms with Crippen molar-refractivity contribution in [2.45, 2.75) is 18.8 Å². The second-order valence-corrected chi connectivity index (χ2v) is 9.91. The molecule has 8 nitrogen and oxygen atoms in total. The Balaban J connectivity index is 1.42. The molecule has 1 aliphatic carbocycles. The van der Waals surface area contributed by atoms with E-state index in [9.17, 15) is 19.5 Å². The molecule has 0 saturated carbocycles. The van der Waals surface area contributed by atoms with Crippen molar-refractivity contribution in [3.63, 3.8) is 0 Å². The van der Waals surface area contributed by atoms with Crippen LogP contribution in [-0.2, 0) is 4.79 Å². The maximum absolute atomic E-state index is 13.8. The number of nitrogens with one attached hydrogen (secondary N) is 1. The molecule has 5 rings (SSSR count). The Hall–Kier alpha value is -4.30. The quantitative estimate of drug-likeness (QED) is 0.406. The summed E-state index contributed by atoms with van der Waals surface area (Å²) in [5.41, 5.74) is 3.16. The van der Waals surface area contributed by atoms with E-state index in [1.165, 1.54) is 14.2 Å². The molecule has 9 heteroatoms. The van der Waals surface area contributed by atoms with E-state index in [-0.39, 0.29) is 28.3 Å². The highest BCUT2D eigenvalue weighted by atomic mass is 35.5. The second kappa shape index (κ2) is 10.8. The van der Waals surface area contributed by atoms with E-state index in [0.717, 1.165) is 11.3 Å². The number of halogens is 1. The minimum atomic E-state index is -0.888. The molecular formula is C30H27ClN2O6. The number of allylic oxidation sites excluding steroid dienone is 1. The average Bonchev–Trinajstić information content (AvgIpc) is 3.32. The Bertz CT molecular complexity index is 1500. The fourth-order valence-electron chi connectivity index (χ4n) is 5.33. The number of nitrogens with zero attached hydrogens (tertiary/aromatic N) is 1. The fraction of sp³-hybridized carbons (Fsp3) is 0.233. The highest BCUT2D eigenvalue weighted by Crippen LogP contribution is 2.46. The summed E-state index contributed by atoms with van der Waals surface area (Å²) in [6, 6.07) is 17.3. The van der Waals surface area contributed by atoms with E-state index in [1.807, 2.05) is 30.3 Å². The van der Waals surface area contributed by atoms with Gasteiger partial charge in [0.2, 0.25) is 0 Å². The van der Waals surface area contributed by atoms with E-state index in [0.29, 0.717) is 47.7 Å². The predicted molar refractivity (Wildman–Crippen MR) is 148 cm³/mol. The SMILES string of the molecule is COc1ccc(Cl)c(C(=O)Nc2ccc(C(=O)N3CCC4CC(C(=O)O)=C[C@@H]4c4ccccc43)cc2OC)c1. The van der Waals surface area contributed by atoms with Crippen molar-refractivity contribution in [1.82, 2.24) is 0 Å². The van der Waals surface area contributed by atoms with Gasteiger partial charge in [0.1, 0.15) is 11.5 Å². The van der Waals surface area contributed by atoms with Crippen molar-refractivity contribution in [2.24, 2.45) is 5.92 Å². The molecule has 2 aliphatic rings. The molecule has 1 unspecified atom stereocenters. The van der Waals surface area contributed by atoms with Gasteiger partial charge in [-0.1, -0.05) is 35.9 Å². The number of para-hydroxylation sites is 1. The first-order valence-electron chi connectivity index (χ1n) is 12.5. The molecular weight excluding hydrogens is 520 g/mol. The summed E-state index contributed by atoms with van der Waals surface area (Å²) in [5, 5.41) is 12.6. The molecule has 0 aromatic heterocycles. The number of anilines is 2. The molecule has 0 saturated heterocycles. The van der Waals surface area contributed by atoms with Crippen LogP contribution < -0.4 is 19.7 Å². The third-order valence-electron chi connectivity index (χ3n) is 7.32. The van der Waals surface area contributed by atoms with Crippen molar-refractivity contribution in [3.8, 4) is 11.5 Å². The number of amides is 2. The third-order valence-corrected chi connectivity index (χ3v) is 7.65. The topological polar surface area (TPSA) is 105 Å². The number of hydrogen-bond donors (Lipinski definition) is 2. The van der Waals surface area contributed by atoms with Gasteiger partial charge in [-0.3, -0.25) is 9.59 Å². The van der Waals surface area contributed by atoms with Gasteiger partial charge in [-0.05, 0) is 66.8 Å². The van der Waals surface area contributed by atoms with E-state index in [1.54, 1.807) is 41.3 Å². The maximum Gasteiger partial charge on any atom is 0.331 e. The first-order chi connectivity index (χ1) is 18.8. The van der Waals surface area contributed by atoms with Crippen molar-refractivity contribution in [2.75, 3.05) is 31.0 Å². The summed E-state index contributed by atoms with van der Waals surface area (Å²) in [4.78, 5) is 40.1. The van der Waals surface area contributed by atoms with Crippen LogP contribution >= 0.6 is 11.6 Å². The Labute approximate surface area is 230 Å². The lowest BCUT2D eigenvalue weighted by molar-refractivity contribution is -0.132. The molecule has 1 aliphatic heterocycles. The van der Waals surface area contributed by atoms with Gasteiger partial charge in [0.05, 0.1) is 30.5 Å². The monoisotopic (exact) mass is 546 g/mol. The number of hydrogen-bond acceptors (Lipinski definition) is 5. The zero-order valence-corrected chi connectivity index (χ0v) is 22.2. The van der Waals surface area contributed by atoms with Crippen molar-refractivity contribution >= 4 is 40.8 Å². The number of fused-ring (bicyclic) bond motifs is 3. The van der Waals surface area contributed by atoms with Crippen LogP contribution in [0.1, 0.15) is 45.0 Å². The van der Waals surface area contributed by atoms with Crippen LogP contribution in [0.15, 0.2) is 72.3 Å². The normalized spacial score (nSPS) is 17.8. The van der Waals surface area contributed by atoms with Gasteiger partial charge in [-0.25, -0.2) is 4.79 Å². The first kappa shape index (κ1) is 26.3. The fourth-order valence-corrected chi connectivity index (χ4v) is 5.54.